The van der Waals surface area contributed by atoms with E-state index < -0.39 is 35.3 Å². The second kappa shape index (κ2) is 16.7. The molecular formula is C40H51N5O8. The Bertz CT molecular complexity index is 1990. The summed E-state index contributed by atoms with van der Waals surface area (Å²) >= 11 is 0. The normalized spacial score (nSPS) is 16.9. The second-order valence-corrected chi connectivity index (χ2v) is 14.0. The minimum Gasteiger partial charge on any atom is -0.490 e. The third kappa shape index (κ3) is 8.30. The summed E-state index contributed by atoms with van der Waals surface area (Å²) in [5.74, 6) is -2.10. The van der Waals surface area contributed by atoms with Crippen LogP contribution in [0.25, 0.3) is 22.3 Å². The number of ether oxygens (including phenoxy) is 2. The van der Waals surface area contributed by atoms with E-state index in [9.17, 15) is 29.1 Å². The number of aromatic nitrogens is 2. The number of amides is 3. The van der Waals surface area contributed by atoms with Gasteiger partial charge in [0.05, 0.1) is 41.4 Å². The van der Waals surface area contributed by atoms with Gasteiger partial charge < -0.3 is 35.5 Å². The molecule has 0 fully saturated rings. The van der Waals surface area contributed by atoms with Crippen LogP contribution in [0.5, 0.6) is 5.75 Å². The number of nitrogens with one attached hydrogen (secondary N) is 2. The van der Waals surface area contributed by atoms with E-state index in [1.165, 1.54) is 0 Å². The molecule has 2 aromatic heterocycles. The highest BCUT2D eigenvalue weighted by atomic mass is 16.5. The van der Waals surface area contributed by atoms with E-state index in [-0.39, 0.29) is 49.6 Å². The number of benzene rings is 1. The fourth-order valence-electron chi connectivity index (χ4n) is 7.16. The molecule has 0 bridgehead atoms. The molecule has 284 valence electrons. The van der Waals surface area contributed by atoms with Crippen molar-refractivity contribution in [1.82, 2.24) is 20.2 Å². The van der Waals surface area contributed by atoms with Crippen LogP contribution in [0.4, 0.5) is 0 Å². The van der Waals surface area contributed by atoms with Crippen molar-refractivity contribution in [2.75, 3.05) is 6.54 Å². The van der Waals surface area contributed by atoms with Crippen LogP contribution in [0.2, 0.25) is 0 Å². The molecule has 0 saturated carbocycles. The van der Waals surface area contributed by atoms with Crippen LogP contribution in [0.15, 0.2) is 41.4 Å². The molecule has 1 aromatic carbocycles. The molecule has 3 amide bonds. The summed E-state index contributed by atoms with van der Waals surface area (Å²) in [4.78, 5) is 68.6. The van der Waals surface area contributed by atoms with Gasteiger partial charge in [-0.05, 0) is 55.5 Å². The summed E-state index contributed by atoms with van der Waals surface area (Å²) < 4.78 is 13.1. The number of pyridine rings is 2. The Morgan fingerprint density at radius 2 is 1.87 bits per heavy atom. The highest BCUT2D eigenvalue weighted by Gasteiger charge is 2.41. The lowest BCUT2D eigenvalue weighted by atomic mass is 9.84. The molecule has 13 heteroatoms. The average Bonchev–Trinajstić information content (AvgIpc) is 3.50. The lowest BCUT2D eigenvalue weighted by molar-refractivity contribution is -0.138. The number of fused-ring (bicyclic) bond motifs is 5. The van der Waals surface area contributed by atoms with Crippen molar-refractivity contribution in [2.45, 2.75) is 117 Å². The van der Waals surface area contributed by atoms with Crippen molar-refractivity contribution in [3.05, 3.63) is 69.2 Å². The van der Waals surface area contributed by atoms with Gasteiger partial charge in [0.1, 0.15) is 29.8 Å². The quantitative estimate of drug-likeness (QED) is 0.0693. The van der Waals surface area contributed by atoms with Crippen molar-refractivity contribution in [1.29, 1.82) is 0 Å². The molecule has 0 unspecified atom stereocenters. The number of hydrogen-bond donors (Lipinski definition) is 4. The Morgan fingerprint density at radius 1 is 1.11 bits per heavy atom. The Morgan fingerprint density at radius 3 is 2.57 bits per heavy atom. The molecule has 0 saturated heterocycles. The van der Waals surface area contributed by atoms with Gasteiger partial charge in [-0.15, -0.1) is 0 Å². The number of nitrogens with zero attached hydrogens (tertiary/aromatic N) is 2. The van der Waals surface area contributed by atoms with Crippen LogP contribution in [0.1, 0.15) is 108 Å². The number of esters is 1. The standard InChI is InChI=1S/C40H51N5O8/c1-6-9-10-11-12-13-35(47)43-32(20-34(41)46)37(48)42-17-16-23(4)39(50)53-25-14-15-31-27(18-25)26(7-2)28-21-45-33(36(28)44-31)19-30-29(38(45)49)22-52-24(5)40(30,51)8-3/h14-15,18-19,23,32,51H,5-13,16-17,20-22H2,1-4H3,(H2,41,46)(H,42,48)(H,43,47)/t23-,32-,40-/m1/s1. The van der Waals surface area contributed by atoms with Crippen molar-refractivity contribution in [2.24, 2.45) is 11.7 Å². The van der Waals surface area contributed by atoms with E-state index in [0.29, 0.717) is 59.6 Å². The molecule has 4 heterocycles. The lowest BCUT2D eigenvalue weighted by Gasteiger charge is -2.35. The third-order valence-corrected chi connectivity index (χ3v) is 10.4. The molecular weight excluding hydrogens is 678 g/mol. The third-order valence-electron chi connectivity index (χ3n) is 10.4. The summed E-state index contributed by atoms with van der Waals surface area (Å²) in [5, 5.41) is 17.5. The van der Waals surface area contributed by atoms with Crippen LogP contribution in [0.3, 0.4) is 0 Å². The van der Waals surface area contributed by atoms with Gasteiger partial charge in [-0.3, -0.25) is 24.0 Å². The summed E-state index contributed by atoms with van der Waals surface area (Å²) in [7, 11) is 0. The fraction of sp³-hybridized carbons (Fsp3) is 0.500. The van der Waals surface area contributed by atoms with E-state index in [4.69, 9.17) is 20.2 Å². The number of primary amides is 1. The Hall–Kier alpha value is -5.04. The summed E-state index contributed by atoms with van der Waals surface area (Å²) in [5.41, 5.74) is 8.36. The molecule has 5 rings (SSSR count). The number of nitrogens with two attached hydrogens (primary N) is 1. The topological polar surface area (TPSA) is 192 Å². The SMILES string of the molecule is C=C1OCc2c(cc3n(c2=O)Cc2c-3nc3ccc(OC(=O)[C@H](C)CCNC(=O)[C@@H](CC(N)=O)NC(=O)CCCCCCC)cc3c2CC)[C@@]1(O)CC. The Kier molecular flexibility index (Phi) is 12.4. The molecule has 0 aliphatic carbocycles. The van der Waals surface area contributed by atoms with E-state index in [0.717, 1.165) is 42.2 Å². The summed E-state index contributed by atoms with van der Waals surface area (Å²) in [6.07, 6.45) is 5.95. The minimum absolute atomic E-state index is 0.0365. The van der Waals surface area contributed by atoms with E-state index >= 15 is 0 Å². The molecule has 2 aliphatic heterocycles. The predicted molar refractivity (Wildman–Crippen MR) is 200 cm³/mol. The van der Waals surface area contributed by atoms with Gasteiger partial charge >= 0.3 is 5.97 Å². The highest BCUT2D eigenvalue weighted by molar-refractivity contribution is 5.92. The van der Waals surface area contributed by atoms with Crippen LogP contribution in [-0.2, 0) is 49.1 Å². The molecule has 5 N–H and O–H groups in total. The first-order valence-corrected chi connectivity index (χ1v) is 18.7. The van der Waals surface area contributed by atoms with Crippen molar-refractivity contribution >= 4 is 34.6 Å². The first-order chi connectivity index (χ1) is 25.3. The van der Waals surface area contributed by atoms with Crippen molar-refractivity contribution < 1.29 is 33.8 Å². The molecule has 0 radical (unpaired) electrons. The molecule has 13 nitrogen and oxygen atoms in total. The largest absolute Gasteiger partial charge is 0.490 e. The number of unbranched alkanes of at least 4 members (excludes halogenated alkanes) is 4. The van der Waals surface area contributed by atoms with Crippen LogP contribution in [0, 0.1) is 5.92 Å². The maximum atomic E-state index is 13.7. The number of carbonyl (C=O) groups excluding carboxylic acids is 4. The maximum absolute atomic E-state index is 13.7. The van der Waals surface area contributed by atoms with Gasteiger partial charge in [0.2, 0.25) is 17.7 Å². The monoisotopic (exact) mass is 729 g/mol. The van der Waals surface area contributed by atoms with E-state index in [1.807, 2.05) is 19.9 Å². The maximum Gasteiger partial charge on any atom is 0.314 e. The van der Waals surface area contributed by atoms with E-state index in [1.54, 1.807) is 29.7 Å². The van der Waals surface area contributed by atoms with Crippen molar-refractivity contribution in [3.63, 3.8) is 0 Å². The lowest BCUT2D eigenvalue weighted by Crippen LogP contribution is -2.49. The summed E-state index contributed by atoms with van der Waals surface area (Å²) in [6.45, 7) is 12.0. The Balaban J connectivity index is 1.24. The smallest absolute Gasteiger partial charge is 0.314 e. The first-order valence-electron chi connectivity index (χ1n) is 18.7. The number of aliphatic hydroxyl groups is 1. The molecule has 3 aromatic rings. The fourth-order valence-corrected chi connectivity index (χ4v) is 7.16. The zero-order chi connectivity index (χ0) is 38.4. The van der Waals surface area contributed by atoms with E-state index in [2.05, 4.69) is 24.1 Å². The van der Waals surface area contributed by atoms with Gasteiger partial charge in [0, 0.05) is 29.5 Å². The number of rotatable bonds is 17. The van der Waals surface area contributed by atoms with Crippen molar-refractivity contribution in [3.8, 4) is 17.1 Å². The van der Waals surface area contributed by atoms with Gasteiger partial charge in [-0.25, -0.2) is 4.98 Å². The van der Waals surface area contributed by atoms with Gasteiger partial charge in [0.25, 0.3) is 5.56 Å². The van der Waals surface area contributed by atoms with Crippen LogP contribution < -0.4 is 26.7 Å². The van der Waals surface area contributed by atoms with Gasteiger partial charge in [0.15, 0.2) is 0 Å². The zero-order valence-corrected chi connectivity index (χ0v) is 31.1. The molecule has 2 aliphatic rings. The van der Waals surface area contributed by atoms with Gasteiger partial charge in [-0.2, -0.15) is 0 Å². The number of aryl methyl sites for hydroxylation is 1. The van der Waals surface area contributed by atoms with Crippen LogP contribution >= 0.6 is 0 Å². The molecule has 0 spiro atoms. The summed E-state index contributed by atoms with van der Waals surface area (Å²) in [6, 6.07) is 5.96. The Labute approximate surface area is 309 Å². The second-order valence-electron chi connectivity index (χ2n) is 14.0. The molecule has 53 heavy (non-hydrogen) atoms. The number of carbonyl (C=O) groups is 4. The number of hydrogen-bond acceptors (Lipinski definition) is 9. The average molecular weight is 730 g/mol. The first kappa shape index (κ1) is 39.2. The highest BCUT2D eigenvalue weighted by Crippen LogP contribution is 2.43. The molecule has 3 atom stereocenters. The minimum atomic E-state index is -1.48. The van der Waals surface area contributed by atoms with Crippen LogP contribution in [-0.4, -0.2) is 50.9 Å². The van der Waals surface area contributed by atoms with Gasteiger partial charge in [-0.1, -0.05) is 60.0 Å². The predicted octanol–water partition coefficient (Wildman–Crippen LogP) is 4.40. The zero-order valence-electron chi connectivity index (χ0n) is 31.1.